The van der Waals surface area contributed by atoms with Gasteiger partial charge >= 0.3 is 0 Å². The summed E-state index contributed by atoms with van der Waals surface area (Å²) in [4.78, 5) is 29.1. The molecule has 0 saturated carbocycles. The van der Waals surface area contributed by atoms with Gasteiger partial charge in [0.05, 0.1) is 11.3 Å². The first-order chi connectivity index (χ1) is 11.6. The first kappa shape index (κ1) is 15.4. The van der Waals surface area contributed by atoms with Gasteiger partial charge in [0, 0.05) is 18.6 Å². The third kappa shape index (κ3) is 2.55. The number of nitrogens with one attached hydrogen (secondary N) is 1. The second-order valence-electron chi connectivity index (χ2n) is 6.92. The van der Waals surface area contributed by atoms with Crippen LogP contribution in [0.3, 0.4) is 0 Å². The zero-order valence-electron chi connectivity index (χ0n) is 14.0. The number of carbonyl (C=O) groups excluding carboxylic acids is 2. The fourth-order valence-electron chi connectivity index (χ4n) is 4.30. The Morgan fingerprint density at radius 1 is 1.21 bits per heavy atom. The van der Waals surface area contributed by atoms with Gasteiger partial charge in [0.1, 0.15) is 0 Å². The number of hydrogen-bond acceptors (Lipinski definition) is 4. The average Bonchev–Trinajstić information content (AvgIpc) is 3.21. The van der Waals surface area contributed by atoms with E-state index in [0.717, 1.165) is 32.4 Å². The largest absolute Gasteiger partial charge is 0.481 e. The van der Waals surface area contributed by atoms with Crippen molar-refractivity contribution in [3.63, 3.8) is 0 Å². The van der Waals surface area contributed by atoms with Gasteiger partial charge in [-0.25, -0.2) is 0 Å². The van der Waals surface area contributed by atoms with Gasteiger partial charge in [0.25, 0.3) is 11.8 Å². The van der Waals surface area contributed by atoms with Crippen molar-refractivity contribution in [3.8, 4) is 5.75 Å². The molecule has 0 aliphatic carbocycles. The molecule has 2 amide bonds. The highest BCUT2D eigenvalue weighted by atomic mass is 16.5. The summed E-state index contributed by atoms with van der Waals surface area (Å²) in [6, 6.07) is 6.10. The van der Waals surface area contributed by atoms with Gasteiger partial charge in [-0.15, -0.1) is 0 Å². The second-order valence-corrected chi connectivity index (χ2v) is 6.92. The van der Waals surface area contributed by atoms with Gasteiger partial charge in [-0.05, 0) is 51.4 Å². The van der Waals surface area contributed by atoms with Crippen molar-refractivity contribution in [1.82, 2.24) is 9.80 Å². The lowest BCUT2D eigenvalue weighted by atomic mass is 10.0. The summed E-state index contributed by atoms with van der Waals surface area (Å²) in [5, 5.41) is 2.78. The highest BCUT2D eigenvalue weighted by Gasteiger charge is 2.39. The van der Waals surface area contributed by atoms with Gasteiger partial charge < -0.3 is 19.9 Å². The van der Waals surface area contributed by atoms with Crippen LogP contribution >= 0.6 is 0 Å². The summed E-state index contributed by atoms with van der Waals surface area (Å²) >= 11 is 0. The minimum Gasteiger partial charge on any atom is -0.481 e. The molecule has 0 aromatic heterocycles. The molecule has 1 aromatic rings. The lowest BCUT2D eigenvalue weighted by Crippen LogP contribution is -2.47. The molecule has 6 heteroatoms. The molecule has 1 N–H and O–H groups in total. The molecule has 6 nitrogen and oxygen atoms in total. The van der Waals surface area contributed by atoms with Crippen LogP contribution in [0.2, 0.25) is 0 Å². The molecule has 3 aliphatic rings. The molecule has 0 bridgehead atoms. The number of anilines is 1. The fraction of sp³-hybridized carbons (Fsp3) is 0.556. The Morgan fingerprint density at radius 2 is 2.00 bits per heavy atom. The maximum Gasteiger partial charge on any atom is 0.262 e. The van der Waals surface area contributed by atoms with Crippen molar-refractivity contribution in [2.45, 2.75) is 37.8 Å². The maximum atomic E-state index is 13.2. The quantitative estimate of drug-likeness (QED) is 0.897. The molecule has 2 atom stereocenters. The first-order valence-corrected chi connectivity index (χ1v) is 8.72. The Labute approximate surface area is 141 Å². The first-order valence-electron chi connectivity index (χ1n) is 8.72. The highest BCUT2D eigenvalue weighted by Crippen LogP contribution is 2.35. The maximum absolute atomic E-state index is 13.2. The van der Waals surface area contributed by atoms with E-state index in [1.807, 2.05) is 4.90 Å². The minimum absolute atomic E-state index is 0.0193. The molecular weight excluding hydrogens is 306 g/mol. The molecule has 0 spiro atoms. The molecule has 128 valence electrons. The molecule has 1 aromatic carbocycles. The van der Waals surface area contributed by atoms with Crippen LogP contribution in [0.25, 0.3) is 0 Å². The van der Waals surface area contributed by atoms with Gasteiger partial charge in [-0.2, -0.15) is 0 Å². The topological polar surface area (TPSA) is 61.9 Å². The van der Waals surface area contributed by atoms with Gasteiger partial charge in [0.15, 0.2) is 12.4 Å². The molecule has 0 radical (unpaired) electrons. The molecule has 2 saturated heterocycles. The van der Waals surface area contributed by atoms with E-state index in [9.17, 15) is 9.59 Å². The summed E-state index contributed by atoms with van der Waals surface area (Å²) in [5.74, 6) is 0.344. The molecular formula is C18H23N3O3. The number of benzene rings is 1. The van der Waals surface area contributed by atoms with Crippen LogP contribution in [0.5, 0.6) is 5.75 Å². The minimum atomic E-state index is -0.182. The van der Waals surface area contributed by atoms with E-state index in [2.05, 4.69) is 17.3 Å². The number of carbonyl (C=O) groups is 2. The van der Waals surface area contributed by atoms with Crippen LogP contribution in [-0.4, -0.2) is 60.4 Å². The zero-order chi connectivity index (χ0) is 16.7. The molecule has 3 heterocycles. The lowest BCUT2D eigenvalue weighted by Gasteiger charge is -2.34. The Bertz CT molecular complexity index is 675. The number of amides is 2. The zero-order valence-corrected chi connectivity index (χ0v) is 14.0. The number of ether oxygens (including phenoxy) is 1. The normalized spacial score (nSPS) is 26.9. The Hall–Kier alpha value is -2.08. The number of para-hydroxylation sites is 1. The van der Waals surface area contributed by atoms with Gasteiger partial charge in [-0.3, -0.25) is 9.59 Å². The number of likely N-dealkylation sites (tertiary alicyclic amines) is 2. The van der Waals surface area contributed by atoms with Crippen molar-refractivity contribution < 1.29 is 14.3 Å². The monoisotopic (exact) mass is 329 g/mol. The smallest absolute Gasteiger partial charge is 0.262 e. The fourth-order valence-corrected chi connectivity index (χ4v) is 4.30. The van der Waals surface area contributed by atoms with Crippen molar-refractivity contribution in [3.05, 3.63) is 23.8 Å². The number of rotatable bonds is 2. The number of fused-ring (bicyclic) bond motifs is 1. The SMILES string of the molecule is CN1CCC[C@@H]1[C@H]1CCCN1C(=O)c1cccc2c1OCC(=O)N2. The number of hydrogen-bond donors (Lipinski definition) is 1. The standard InChI is InChI=1S/C18H23N3O3/c1-20-9-3-7-14(20)15-8-4-10-21(15)18(23)12-5-2-6-13-17(12)24-11-16(22)19-13/h2,5-6,14-15H,3-4,7-11H2,1H3,(H,19,22)/t14-,15-/m1/s1. The van der Waals surface area contributed by atoms with Gasteiger partial charge in [-0.1, -0.05) is 6.07 Å². The summed E-state index contributed by atoms with van der Waals surface area (Å²) in [5.41, 5.74) is 1.14. The van der Waals surface area contributed by atoms with Crippen LogP contribution in [0.15, 0.2) is 18.2 Å². The van der Waals surface area contributed by atoms with E-state index in [1.54, 1.807) is 18.2 Å². The third-order valence-electron chi connectivity index (χ3n) is 5.45. The lowest BCUT2D eigenvalue weighted by molar-refractivity contribution is -0.118. The van der Waals surface area contributed by atoms with Crippen molar-refractivity contribution in [1.29, 1.82) is 0 Å². The van der Waals surface area contributed by atoms with Crippen molar-refractivity contribution >= 4 is 17.5 Å². The molecule has 24 heavy (non-hydrogen) atoms. The van der Waals surface area contributed by atoms with Crippen LogP contribution in [0.4, 0.5) is 5.69 Å². The summed E-state index contributed by atoms with van der Waals surface area (Å²) in [6.45, 7) is 1.87. The molecule has 0 unspecified atom stereocenters. The van der Waals surface area contributed by atoms with Gasteiger partial charge in [0.2, 0.25) is 0 Å². The van der Waals surface area contributed by atoms with Crippen LogP contribution in [0, 0.1) is 0 Å². The van der Waals surface area contributed by atoms with Crippen molar-refractivity contribution in [2.24, 2.45) is 0 Å². The van der Waals surface area contributed by atoms with Crippen LogP contribution in [0.1, 0.15) is 36.0 Å². The summed E-state index contributed by atoms with van der Waals surface area (Å²) in [7, 11) is 2.15. The molecule has 2 fully saturated rings. The van der Waals surface area contributed by atoms with E-state index in [1.165, 1.54) is 6.42 Å². The highest BCUT2D eigenvalue weighted by molar-refractivity contribution is 6.03. The number of likely N-dealkylation sites (N-methyl/N-ethyl adjacent to an activating group) is 1. The Balaban J connectivity index is 1.62. The number of nitrogens with zero attached hydrogens (tertiary/aromatic N) is 2. The van der Waals surface area contributed by atoms with E-state index in [4.69, 9.17) is 4.74 Å². The summed E-state index contributed by atoms with van der Waals surface area (Å²) < 4.78 is 5.56. The Morgan fingerprint density at radius 3 is 2.79 bits per heavy atom. The summed E-state index contributed by atoms with van der Waals surface area (Å²) in [6.07, 6.45) is 4.47. The van der Waals surface area contributed by atoms with E-state index in [-0.39, 0.29) is 24.5 Å². The second kappa shape index (κ2) is 6.09. The van der Waals surface area contributed by atoms with E-state index >= 15 is 0 Å². The predicted octanol–water partition coefficient (Wildman–Crippen LogP) is 1.72. The third-order valence-corrected chi connectivity index (χ3v) is 5.45. The van der Waals surface area contributed by atoms with E-state index < -0.39 is 0 Å². The predicted molar refractivity (Wildman–Crippen MR) is 90.3 cm³/mol. The average molecular weight is 329 g/mol. The molecule has 4 rings (SSSR count). The van der Waals surface area contributed by atoms with Crippen molar-refractivity contribution in [2.75, 3.05) is 32.1 Å². The van der Waals surface area contributed by atoms with Crippen LogP contribution in [-0.2, 0) is 4.79 Å². The Kier molecular flexibility index (Phi) is 3.92. The van der Waals surface area contributed by atoms with E-state index in [0.29, 0.717) is 23.0 Å². The van der Waals surface area contributed by atoms with Crippen LogP contribution < -0.4 is 10.1 Å². The molecule has 3 aliphatic heterocycles.